The zero-order valence-electron chi connectivity index (χ0n) is 19.8. The van der Waals surface area contributed by atoms with E-state index in [4.69, 9.17) is 9.47 Å². The highest BCUT2D eigenvalue weighted by atomic mass is 19.2. The first-order valence-electron chi connectivity index (χ1n) is 11.8. The summed E-state index contributed by atoms with van der Waals surface area (Å²) in [6, 6.07) is 12.5. The molecule has 0 saturated carbocycles. The van der Waals surface area contributed by atoms with Gasteiger partial charge in [0.15, 0.2) is 29.6 Å². The number of hydrogen-bond acceptors (Lipinski definition) is 2. The molecule has 0 radical (unpaired) electrons. The number of ether oxygens (including phenoxy) is 2. The summed E-state index contributed by atoms with van der Waals surface area (Å²) in [5.74, 6) is -4.09. The number of rotatable bonds is 7. The van der Waals surface area contributed by atoms with Crippen molar-refractivity contribution >= 4 is 0 Å². The van der Waals surface area contributed by atoms with Crippen molar-refractivity contribution in [1.29, 1.82) is 0 Å². The number of unbranched alkanes of at least 4 members (excludes halogenated alkanes) is 1. The van der Waals surface area contributed by atoms with Crippen LogP contribution in [0.1, 0.15) is 43.7 Å². The molecule has 3 aromatic carbocycles. The van der Waals surface area contributed by atoms with Gasteiger partial charge in [0, 0.05) is 17.0 Å². The van der Waals surface area contributed by atoms with Crippen LogP contribution in [0, 0.1) is 23.3 Å². The zero-order chi connectivity index (χ0) is 24.9. The van der Waals surface area contributed by atoms with Crippen molar-refractivity contribution in [3.8, 4) is 22.3 Å². The molecule has 1 aliphatic rings. The maximum Gasteiger partial charge on any atom is 0.166 e. The van der Waals surface area contributed by atoms with Crippen LogP contribution in [0.4, 0.5) is 17.6 Å². The number of benzene rings is 3. The predicted octanol–water partition coefficient (Wildman–Crippen LogP) is 7.95. The van der Waals surface area contributed by atoms with Crippen LogP contribution in [-0.4, -0.2) is 19.5 Å². The highest BCUT2D eigenvalue weighted by molar-refractivity contribution is 5.71. The van der Waals surface area contributed by atoms with E-state index in [0.29, 0.717) is 17.5 Å². The molecule has 184 valence electrons. The molecular formula is C29H28F4O2. The lowest BCUT2D eigenvalue weighted by molar-refractivity contribution is -0.176. The van der Waals surface area contributed by atoms with Crippen molar-refractivity contribution < 1.29 is 27.0 Å². The van der Waals surface area contributed by atoms with Crippen molar-refractivity contribution in [3.05, 3.63) is 95.1 Å². The van der Waals surface area contributed by atoms with Gasteiger partial charge in [-0.25, -0.2) is 17.6 Å². The van der Waals surface area contributed by atoms with E-state index >= 15 is 0 Å². The Bertz CT molecular complexity index is 1200. The number of halogens is 4. The lowest BCUT2D eigenvalue weighted by Gasteiger charge is -2.28. The summed E-state index contributed by atoms with van der Waals surface area (Å²) in [4.78, 5) is 0. The van der Waals surface area contributed by atoms with E-state index in [-0.39, 0.29) is 47.7 Å². The molecule has 0 amide bonds. The second kappa shape index (κ2) is 11.2. The number of allylic oxidation sites excluding steroid dienone is 2. The molecule has 2 nitrogen and oxygen atoms in total. The molecule has 6 heteroatoms. The summed E-state index contributed by atoms with van der Waals surface area (Å²) < 4.78 is 70.0. The number of hydrogen-bond donors (Lipinski definition) is 0. The quantitative estimate of drug-likeness (QED) is 0.250. The molecular weight excluding hydrogens is 456 g/mol. The molecule has 0 unspecified atom stereocenters. The lowest BCUT2D eigenvalue weighted by atomic mass is 9.94. The maximum absolute atomic E-state index is 14.9. The van der Waals surface area contributed by atoms with Gasteiger partial charge in [-0.05, 0) is 42.0 Å². The van der Waals surface area contributed by atoms with E-state index in [1.165, 1.54) is 12.1 Å². The minimum absolute atomic E-state index is 0.0877. The largest absolute Gasteiger partial charge is 0.352 e. The highest BCUT2D eigenvalue weighted by Gasteiger charge is 2.26. The van der Waals surface area contributed by atoms with Crippen molar-refractivity contribution in [3.63, 3.8) is 0 Å². The average molecular weight is 485 g/mol. The summed E-state index contributed by atoms with van der Waals surface area (Å²) >= 11 is 0. The van der Waals surface area contributed by atoms with Gasteiger partial charge >= 0.3 is 0 Å². The van der Waals surface area contributed by atoms with E-state index in [0.717, 1.165) is 12.8 Å². The fourth-order valence-corrected chi connectivity index (χ4v) is 4.18. The standard InChI is InChI=1S/C29H28F4O2/c1-3-4-5-6-7-21-12-13-23(27(31)26(21)30)19-8-10-20(11-9-19)24-14-15-25(29(33)28(24)32)22-16-34-18(2)35-17-22/h5-6,8-15,18,22H,3-4,7,16-17H2,1-2H3/b6-5-. The Hall–Kier alpha value is -2.96. The van der Waals surface area contributed by atoms with E-state index in [2.05, 4.69) is 0 Å². The van der Waals surface area contributed by atoms with Gasteiger partial charge in [-0.2, -0.15) is 0 Å². The molecule has 1 fully saturated rings. The van der Waals surface area contributed by atoms with Crippen molar-refractivity contribution in [1.82, 2.24) is 0 Å². The van der Waals surface area contributed by atoms with Crippen molar-refractivity contribution in [2.24, 2.45) is 0 Å². The van der Waals surface area contributed by atoms with Gasteiger partial charge in [-0.3, -0.25) is 0 Å². The molecule has 1 saturated heterocycles. The monoisotopic (exact) mass is 484 g/mol. The molecule has 1 aliphatic heterocycles. The molecule has 0 bridgehead atoms. The fourth-order valence-electron chi connectivity index (χ4n) is 4.18. The van der Waals surface area contributed by atoms with Crippen LogP contribution < -0.4 is 0 Å². The SMILES string of the molecule is CCC/C=C\Cc1ccc(-c2ccc(-c3ccc(C4COC(C)OC4)c(F)c3F)cc2)c(F)c1F. The van der Waals surface area contributed by atoms with Gasteiger partial charge in [0.25, 0.3) is 0 Å². The normalized spacial score (nSPS) is 18.3. The minimum Gasteiger partial charge on any atom is -0.352 e. The maximum atomic E-state index is 14.9. The third-order valence-corrected chi connectivity index (χ3v) is 6.25. The van der Waals surface area contributed by atoms with Crippen LogP contribution in [0.15, 0.2) is 60.7 Å². The Morgan fingerprint density at radius 2 is 1.31 bits per heavy atom. The Labute approximate surface area is 203 Å². The van der Waals surface area contributed by atoms with Crippen molar-refractivity contribution in [2.75, 3.05) is 13.2 Å². The third-order valence-electron chi connectivity index (χ3n) is 6.25. The Morgan fingerprint density at radius 1 is 0.743 bits per heavy atom. The Balaban J connectivity index is 1.55. The first-order chi connectivity index (χ1) is 16.9. The minimum atomic E-state index is -0.966. The summed E-state index contributed by atoms with van der Waals surface area (Å²) in [6.07, 6.45) is 5.63. The van der Waals surface area contributed by atoms with Crippen LogP contribution in [-0.2, 0) is 15.9 Å². The second-order valence-corrected chi connectivity index (χ2v) is 8.70. The molecule has 1 heterocycles. The van der Waals surface area contributed by atoms with Gasteiger partial charge in [0.2, 0.25) is 0 Å². The van der Waals surface area contributed by atoms with Crippen molar-refractivity contribution in [2.45, 2.75) is 45.3 Å². The van der Waals surface area contributed by atoms with Gasteiger partial charge in [0.05, 0.1) is 13.2 Å². The van der Waals surface area contributed by atoms with Crippen LogP contribution in [0.25, 0.3) is 22.3 Å². The molecule has 35 heavy (non-hydrogen) atoms. The molecule has 4 rings (SSSR count). The van der Waals surface area contributed by atoms with Crippen LogP contribution >= 0.6 is 0 Å². The lowest BCUT2D eigenvalue weighted by Crippen LogP contribution is -2.29. The molecule has 0 N–H and O–H groups in total. The summed E-state index contributed by atoms with van der Waals surface area (Å²) in [6.45, 7) is 4.30. The van der Waals surface area contributed by atoms with Crippen LogP contribution in [0.5, 0.6) is 0 Å². The van der Waals surface area contributed by atoms with E-state index < -0.39 is 23.3 Å². The van der Waals surface area contributed by atoms with Crippen LogP contribution in [0.2, 0.25) is 0 Å². The molecule has 0 aliphatic carbocycles. The van der Waals surface area contributed by atoms with Gasteiger partial charge in [-0.15, -0.1) is 0 Å². The fraction of sp³-hybridized carbons (Fsp3) is 0.310. The van der Waals surface area contributed by atoms with E-state index in [1.54, 1.807) is 43.3 Å². The summed E-state index contributed by atoms with van der Waals surface area (Å²) in [5, 5.41) is 0. The van der Waals surface area contributed by atoms with Gasteiger partial charge in [0.1, 0.15) is 0 Å². The van der Waals surface area contributed by atoms with E-state index in [9.17, 15) is 17.6 Å². The predicted molar refractivity (Wildman–Crippen MR) is 129 cm³/mol. The molecule has 0 atom stereocenters. The average Bonchev–Trinajstić information content (AvgIpc) is 2.87. The summed E-state index contributed by atoms with van der Waals surface area (Å²) in [5.41, 5.74) is 1.57. The Morgan fingerprint density at radius 3 is 1.91 bits per heavy atom. The Kier molecular flexibility index (Phi) is 8.04. The van der Waals surface area contributed by atoms with Crippen LogP contribution in [0.3, 0.4) is 0 Å². The topological polar surface area (TPSA) is 18.5 Å². The first-order valence-corrected chi connectivity index (χ1v) is 11.8. The summed E-state index contributed by atoms with van der Waals surface area (Å²) in [7, 11) is 0. The molecule has 0 aromatic heterocycles. The van der Waals surface area contributed by atoms with E-state index in [1.807, 2.05) is 19.1 Å². The zero-order valence-corrected chi connectivity index (χ0v) is 19.8. The second-order valence-electron chi connectivity index (χ2n) is 8.70. The molecule has 0 spiro atoms. The smallest absolute Gasteiger partial charge is 0.166 e. The molecule has 3 aromatic rings. The third kappa shape index (κ3) is 5.49. The van der Waals surface area contributed by atoms with Gasteiger partial charge in [-0.1, -0.05) is 74.0 Å². The van der Waals surface area contributed by atoms with Gasteiger partial charge < -0.3 is 9.47 Å². The highest BCUT2D eigenvalue weighted by Crippen LogP contribution is 2.33. The first kappa shape index (κ1) is 25.1.